The summed E-state index contributed by atoms with van der Waals surface area (Å²) in [5.74, 6) is 1.68. The number of rotatable bonds is 2. The van der Waals surface area contributed by atoms with E-state index < -0.39 is 0 Å². The maximum atomic E-state index is 10.9. The van der Waals surface area contributed by atoms with E-state index in [2.05, 4.69) is 0 Å². The summed E-state index contributed by atoms with van der Waals surface area (Å²) < 4.78 is 0. The van der Waals surface area contributed by atoms with E-state index in [-0.39, 0.29) is 49.2 Å². The Kier molecular flexibility index (Phi) is 10.0. The Balaban J connectivity index is 0.000000187. The summed E-state index contributed by atoms with van der Waals surface area (Å²) in [5, 5.41) is 21.8. The summed E-state index contributed by atoms with van der Waals surface area (Å²) in [6.07, 6.45) is 13.4. The van der Waals surface area contributed by atoms with Crippen molar-refractivity contribution in [2.75, 3.05) is 0 Å². The van der Waals surface area contributed by atoms with Gasteiger partial charge in [-0.15, -0.1) is 11.5 Å². The van der Waals surface area contributed by atoms with Crippen LogP contribution in [0.15, 0.2) is 48.5 Å². The smallest absolute Gasteiger partial charge is 0.872 e. The van der Waals surface area contributed by atoms with E-state index in [9.17, 15) is 10.2 Å². The molecule has 27 heavy (non-hydrogen) atoms. The first-order chi connectivity index (χ1) is 12.7. The molecule has 4 rings (SSSR count). The van der Waals surface area contributed by atoms with Crippen LogP contribution < -0.4 is 10.2 Å². The average molecular weight is 391 g/mol. The maximum absolute atomic E-state index is 10.9. The van der Waals surface area contributed by atoms with Gasteiger partial charge in [0.2, 0.25) is 0 Å². The minimum atomic E-state index is 0. The molecule has 2 aromatic rings. The van der Waals surface area contributed by atoms with Gasteiger partial charge in [-0.3, -0.25) is 0 Å². The molecule has 2 aromatic carbocycles. The van der Waals surface area contributed by atoms with Crippen LogP contribution in [0.1, 0.15) is 87.2 Å². The zero-order valence-corrected chi connectivity index (χ0v) is 18.6. The average Bonchev–Trinajstić information content (AvgIpc) is 2.71. The van der Waals surface area contributed by atoms with E-state index in [0.29, 0.717) is 11.8 Å². The zero-order valence-electron chi connectivity index (χ0n) is 16.4. The quantitative estimate of drug-likeness (QED) is 0.659. The second kappa shape index (κ2) is 12.0. The van der Waals surface area contributed by atoms with Gasteiger partial charge in [-0.1, -0.05) is 87.1 Å². The largest absolute Gasteiger partial charge is 2.00 e. The number of hydrogen-bond donors (Lipinski definition) is 0. The molecule has 3 heteroatoms. The van der Waals surface area contributed by atoms with Gasteiger partial charge in [0.05, 0.1) is 0 Å². The van der Waals surface area contributed by atoms with Crippen LogP contribution in [-0.2, 0) is 0 Å². The Morgan fingerprint density at radius 2 is 0.778 bits per heavy atom. The third kappa shape index (κ3) is 7.33. The van der Waals surface area contributed by atoms with Gasteiger partial charge in [0.1, 0.15) is 0 Å². The fourth-order valence-electron chi connectivity index (χ4n) is 4.35. The van der Waals surface area contributed by atoms with Crippen molar-refractivity contribution in [1.29, 1.82) is 0 Å². The Labute approximate surface area is 194 Å². The van der Waals surface area contributed by atoms with Crippen LogP contribution in [0, 0.1) is 0 Å². The third-order valence-corrected chi connectivity index (χ3v) is 5.91. The Morgan fingerprint density at radius 3 is 1.07 bits per heavy atom. The molecular weight excluding hydrogens is 360 g/mol. The SMILES string of the molecule is [Ca+2].[O-]c1ccc(C2CCCCC2)cc1.[O-]c1ccc(C2CCCCC2)cc1. The van der Waals surface area contributed by atoms with Crippen LogP contribution in [-0.4, -0.2) is 37.7 Å². The molecule has 0 N–H and O–H groups in total. The van der Waals surface area contributed by atoms with Crippen LogP contribution in [0.4, 0.5) is 0 Å². The number of hydrogen-bond acceptors (Lipinski definition) is 2. The first kappa shape index (κ1) is 22.6. The topological polar surface area (TPSA) is 46.1 Å². The predicted octanol–water partition coefficient (Wildman–Crippen LogP) is 5.24. The molecule has 0 saturated heterocycles. The van der Waals surface area contributed by atoms with Crippen molar-refractivity contribution < 1.29 is 10.2 Å². The molecule has 0 atom stereocenters. The fourth-order valence-corrected chi connectivity index (χ4v) is 4.35. The Hall–Kier alpha value is -0.700. The van der Waals surface area contributed by atoms with Gasteiger partial charge in [0, 0.05) is 0 Å². The van der Waals surface area contributed by atoms with Gasteiger partial charge in [0.25, 0.3) is 0 Å². The summed E-state index contributed by atoms with van der Waals surface area (Å²) in [4.78, 5) is 0. The molecule has 2 fully saturated rings. The van der Waals surface area contributed by atoms with E-state index in [1.807, 2.05) is 24.3 Å². The molecule has 2 aliphatic rings. The summed E-state index contributed by atoms with van der Waals surface area (Å²) in [6.45, 7) is 0. The minimum absolute atomic E-state index is 0. The summed E-state index contributed by atoms with van der Waals surface area (Å²) in [5.41, 5.74) is 2.72. The van der Waals surface area contributed by atoms with Crippen molar-refractivity contribution in [3.8, 4) is 11.5 Å². The molecule has 2 aliphatic carbocycles. The van der Waals surface area contributed by atoms with Crippen LogP contribution in [0.25, 0.3) is 0 Å². The molecule has 0 aromatic heterocycles. The van der Waals surface area contributed by atoms with Gasteiger partial charge in [-0.25, -0.2) is 0 Å². The van der Waals surface area contributed by atoms with E-state index in [0.717, 1.165) is 0 Å². The third-order valence-electron chi connectivity index (χ3n) is 5.91. The molecule has 0 bridgehead atoms. The van der Waals surface area contributed by atoms with E-state index in [1.165, 1.54) is 75.3 Å². The molecule has 140 valence electrons. The van der Waals surface area contributed by atoms with Crippen molar-refractivity contribution in [2.24, 2.45) is 0 Å². The van der Waals surface area contributed by atoms with Crippen LogP contribution in [0.5, 0.6) is 11.5 Å². The summed E-state index contributed by atoms with van der Waals surface area (Å²) in [7, 11) is 0. The van der Waals surface area contributed by atoms with Gasteiger partial charge in [-0.2, -0.15) is 0 Å². The number of benzene rings is 2. The molecule has 2 saturated carbocycles. The first-order valence-electron chi connectivity index (χ1n) is 10.3. The molecule has 0 aliphatic heterocycles. The van der Waals surface area contributed by atoms with Crippen molar-refractivity contribution in [1.82, 2.24) is 0 Å². The van der Waals surface area contributed by atoms with Gasteiger partial charge < -0.3 is 10.2 Å². The summed E-state index contributed by atoms with van der Waals surface area (Å²) in [6, 6.07) is 14.7. The fraction of sp³-hybridized carbons (Fsp3) is 0.500. The van der Waals surface area contributed by atoms with E-state index in [1.54, 1.807) is 24.3 Å². The van der Waals surface area contributed by atoms with Crippen molar-refractivity contribution in [2.45, 2.75) is 76.0 Å². The van der Waals surface area contributed by atoms with Crippen molar-refractivity contribution >= 4 is 37.7 Å². The minimum Gasteiger partial charge on any atom is -0.872 e. The molecule has 0 unspecified atom stereocenters. The molecule has 2 nitrogen and oxygen atoms in total. The first-order valence-corrected chi connectivity index (χ1v) is 10.3. The van der Waals surface area contributed by atoms with Crippen LogP contribution in [0.3, 0.4) is 0 Å². The second-order valence-corrected chi connectivity index (χ2v) is 7.81. The van der Waals surface area contributed by atoms with Gasteiger partial charge in [-0.05, 0) is 48.6 Å². The molecule has 0 spiro atoms. The predicted molar refractivity (Wildman–Crippen MR) is 109 cm³/mol. The van der Waals surface area contributed by atoms with E-state index in [4.69, 9.17) is 0 Å². The molecular formula is C24H30CaO2. The van der Waals surface area contributed by atoms with Crippen LogP contribution >= 0.6 is 0 Å². The summed E-state index contributed by atoms with van der Waals surface area (Å²) >= 11 is 0. The second-order valence-electron chi connectivity index (χ2n) is 7.81. The molecule has 0 radical (unpaired) electrons. The molecule has 0 heterocycles. The van der Waals surface area contributed by atoms with Crippen molar-refractivity contribution in [3.05, 3.63) is 59.7 Å². The van der Waals surface area contributed by atoms with Gasteiger partial charge in [0.15, 0.2) is 0 Å². The van der Waals surface area contributed by atoms with Crippen LogP contribution in [0.2, 0.25) is 0 Å². The van der Waals surface area contributed by atoms with E-state index >= 15 is 0 Å². The maximum Gasteiger partial charge on any atom is 2.00 e. The zero-order chi connectivity index (χ0) is 18.2. The van der Waals surface area contributed by atoms with Gasteiger partial charge >= 0.3 is 37.7 Å². The Bertz CT molecular complexity index is 580. The molecule has 0 amide bonds. The monoisotopic (exact) mass is 390 g/mol. The normalized spacial score (nSPS) is 18.1. The van der Waals surface area contributed by atoms with Crippen molar-refractivity contribution in [3.63, 3.8) is 0 Å². The standard InChI is InChI=1S/2C12H16O.Ca/c2*13-12-8-6-11(7-9-12)10-4-2-1-3-5-10;/h2*6-10,13H,1-5H2;/q;;+2/p-2. The Morgan fingerprint density at radius 1 is 0.481 bits per heavy atom.